The number of nitrogens with zero attached hydrogens (tertiary/aromatic N) is 4. The Morgan fingerprint density at radius 3 is 2.73 bits per heavy atom. The minimum atomic E-state index is 0.395. The van der Waals surface area contributed by atoms with Gasteiger partial charge in [0.1, 0.15) is 0 Å². The van der Waals surface area contributed by atoms with Crippen LogP contribution in [0, 0.1) is 11.3 Å². The zero-order valence-electron chi connectivity index (χ0n) is 7.75. The van der Waals surface area contributed by atoms with E-state index in [9.17, 15) is 0 Å². The summed E-state index contributed by atoms with van der Waals surface area (Å²) < 4.78 is 0. The lowest BCUT2D eigenvalue weighted by Gasteiger charge is -2.02. The second-order valence-corrected chi connectivity index (χ2v) is 2.98. The molecule has 0 fully saturated rings. The maximum Gasteiger partial charge on any atom is 0.0996 e. The van der Waals surface area contributed by atoms with E-state index in [0.717, 1.165) is 10.8 Å². The summed E-state index contributed by atoms with van der Waals surface area (Å²) in [4.78, 5) is 2.74. The molecule has 0 bridgehead atoms. The first-order chi connectivity index (χ1) is 7.36. The average Bonchev–Trinajstić information content (AvgIpc) is 2.30. The minimum absolute atomic E-state index is 0.395. The monoisotopic (exact) mass is 194 g/mol. The standard InChI is InChI=1S/C11H6N4/c12-7-9-6-5-8-3-1-2-4-10(8)11(9)14-15-13/h1-6H. The average molecular weight is 194 g/mol. The zero-order chi connectivity index (χ0) is 10.7. The van der Waals surface area contributed by atoms with Crippen LogP contribution in [-0.4, -0.2) is 0 Å². The van der Waals surface area contributed by atoms with Gasteiger partial charge in [-0.05, 0) is 22.4 Å². The van der Waals surface area contributed by atoms with Gasteiger partial charge in [0, 0.05) is 4.91 Å². The van der Waals surface area contributed by atoms with E-state index < -0.39 is 0 Å². The maximum absolute atomic E-state index is 8.87. The number of azide groups is 1. The zero-order valence-corrected chi connectivity index (χ0v) is 7.75. The SMILES string of the molecule is N#Cc1ccc2ccccc2c1N=[N+]=[N-]. The van der Waals surface area contributed by atoms with E-state index in [1.165, 1.54) is 0 Å². The van der Waals surface area contributed by atoms with Crippen LogP contribution in [0.2, 0.25) is 0 Å². The molecule has 0 atom stereocenters. The Kier molecular flexibility index (Phi) is 2.24. The summed E-state index contributed by atoms with van der Waals surface area (Å²) in [5.74, 6) is 0. The Hall–Kier alpha value is -2.50. The van der Waals surface area contributed by atoms with E-state index >= 15 is 0 Å². The highest BCUT2D eigenvalue weighted by molar-refractivity contribution is 5.95. The Labute approximate surface area is 86.0 Å². The molecule has 0 amide bonds. The number of fused-ring (bicyclic) bond motifs is 1. The second kappa shape index (κ2) is 3.70. The van der Waals surface area contributed by atoms with Gasteiger partial charge in [0.15, 0.2) is 0 Å². The summed E-state index contributed by atoms with van der Waals surface area (Å²) >= 11 is 0. The van der Waals surface area contributed by atoms with Crippen LogP contribution >= 0.6 is 0 Å². The highest BCUT2D eigenvalue weighted by atomic mass is 15.1. The molecule has 0 aliphatic heterocycles. The van der Waals surface area contributed by atoms with Crippen LogP contribution in [0.1, 0.15) is 5.56 Å². The molecule has 0 saturated carbocycles. The molecular weight excluding hydrogens is 188 g/mol. The lowest BCUT2D eigenvalue weighted by atomic mass is 10.1. The second-order valence-electron chi connectivity index (χ2n) is 2.98. The van der Waals surface area contributed by atoms with Crippen molar-refractivity contribution in [2.75, 3.05) is 0 Å². The third-order valence-electron chi connectivity index (χ3n) is 2.17. The molecule has 0 spiro atoms. The molecular formula is C11H6N4. The van der Waals surface area contributed by atoms with Crippen molar-refractivity contribution in [1.29, 1.82) is 5.26 Å². The maximum atomic E-state index is 8.87. The summed E-state index contributed by atoms with van der Waals surface area (Å²) in [7, 11) is 0. The molecule has 0 aliphatic carbocycles. The number of rotatable bonds is 1. The van der Waals surface area contributed by atoms with Gasteiger partial charge >= 0.3 is 0 Å². The van der Waals surface area contributed by atoms with Gasteiger partial charge in [0.25, 0.3) is 0 Å². The van der Waals surface area contributed by atoms with Crippen LogP contribution in [0.3, 0.4) is 0 Å². The molecule has 0 saturated heterocycles. The normalized spacial score (nSPS) is 9.27. The van der Waals surface area contributed by atoms with E-state index in [4.69, 9.17) is 10.8 Å². The number of benzene rings is 2. The molecule has 0 radical (unpaired) electrons. The quantitative estimate of drug-likeness (QED) is 0.388. The van der Waals surface area contributed by atoms with E-state index in [1.807, 2.05) is 36.4 Å². The predicted molar refractivity (Wildman–Crippen MR) is 57.5 cm³/mol. The van der Waals surface area contributed by atoms with Crippen LogP contribution in [0.25, 0.3) is 21.2 Å². The first-order valence-corrected chi connectivity index (χ1v) is 4.34. The van der Waals surface area contributed by atoms with Gasteiger partial charge in [-0.2, -0.15) is 5.26 Å². The highest BCUT2D eigenvalue weighted by Gasteiger charge is 2.04. The van der Waals surface area contributed by atoms with Crippen LogP contribution in [0.5, 0.6) is 0 Å². The molecule has 15 heavy (non-hydrogen) atoms. The molecule has 2 rings (SSSR count). The van der Waals surface area contributed by atoms with Crippen LogP contribution < -0.4 is 0 Å². The Balaban J connectivity index is 2.92. The first kappa shape index (κ1) is 9.07. The lowest BCUT2D eigenvalue weighted by Crippen LogP contribution is -1.78. The van der Waals surface area contributed by atoms with Crippen molar-refractivity contribution in [3.05, 3.63) is 52.4 Å². The number of hydrogen-bond donors (Lipinski definition) is 0. The Morgan fingerprint density at radius 2 is 2.00 bits per heavy atom. The summed E-state index contributed by atoms with van der Waals surface area (Å²) in [6.45, 7) is 0. The first-order valence-electron chi connectivity index (χ1n) is 4.34. The Morgan fingerprint density at radius 1 is 1.20 bits per heavy atom. The van der Waals surface area contributed by atoms with Gasteiger partial charge in [-0.15, -0.1) is 0 Å². The van der Waals surface area contributed by atoms with Crippen LogP contribution in [-0.2, 0) is 0 Å². The van der Waals surface area contributed by atoms with Gasteiger partial charge in [0.2, 0.25) is 0 Å². The van der Waals surface area contributed by atoms with E-state index in [0.29, 0.717) is 11.3 Å². The summed E-state index contributed by atoms with van der Waals surface area (Å²) in [5, 5.41) is 14.2. The molecule has 2 aromatic rings. The Bertz CT molecular complexity index is 604. The number of nitriles is 1. The summed E-state index contributed by atoms with van der Waals surface area (Å²) in [6, 6.07) is 13.0. The smallest absolute Gasteiger partial charge is 0.0996 e. The molecule has 0 heterocycles. The van der Waals surface area contributed by atoms with Crippen LogP contribution in [0.4, 0.5) is 5.69 Å². The molecule has 4 heteroatoms. The summed E-state index contributed by atoms with van der Waals surface area (Å²) in [5.41, 5.74) is 9.24. The van der Waals surface area contributed by atoms with E-state index in [1.54, 1.807) is 6.07 Å². The topological polar surface area (TPSA) is 72.5 Å². The van der Waals surface area contributed by atoms with Gasteiger partial charge in [-0.25, -0.2) is 0 Å². The fourth-order valence-corrected chi connectivity index (χ4v) is 1.50. The largest absolute Gasteiger partial charge is 0.192 e. The van der Waals surface area contributed by atoms with Crippen molar-refractivity contribution >= 4 is 16.5 Å². The fourth-order valence-electron chi connectivity index (χ4n) is 1.50. The van der Waals surface area contributed by atoms with Crippen molar-refractivity contribution in [3.63, 3.8) is 0 Å². The molecule has 0 aliphatic rings. The molecule has 0 unspecified atom stereocenters. The van der Waals surface area contributed by atoms with Gasteiger partial charge < -0.3 is 0 Å². The fraction of sp³-hybridized carbons (Fsp3) is 0. The van der Waals surface area contributed by atoms with E-state index in [2.05, 4.69) is 10.0 Å². The van der Waals surface area contributed by atoms with Crippen molar-refractivity contribution in [2.45, 2.75) is 0 Å². The van der Waals surface area contributed by atoms with Gasteiger partial charge in [0.05, 0.1) is 17.3 Å². The molecule has 2 aromatic carbocycles. The molecule has 0 aromatic heterocycles. The molecule has 0 N–H and O–H groups in total. The van der Waals surface area contributed by atoms with Crippen molar-refractivity contribution < 1.29 is 0 Å². The highest BCUT2D eigenvalue weighted by Crippen LogP contribution is 2.29. The van der Waals surface area contributed by atoms with Crippen molar-refractivity contribution in [3.8, 4) is 6.07 Å². The predicted octanol–water partition coefficient (Wildman–Crippen LogP) is 3.65. The third kappa shape index (κ3) is 1.48. The third-order valence-corrected chi connectivity index (χ3v) is 2.17. The van der Waals surface area contributed by atoms with Crippen molar-refractivity contribution in [2.24, 2.45) is 5.11 Å². The molecule has 70 valence electrons. The lowest BCUT2D eigenvalue weighted by molar-refractivity contribution is 1.44. The number of hydrogen-bond acceptors (Lipinski definition) is 2. The van der Waals surface area contributed by atoms with Gasteiger partial charge in [-0.1, -0.05) is 35.4 Å². The van der Waals surface area contributed by atoms with Crippen LogP contribution in [0.15, 0.2) is 41.5 Å². The summed E-state index contributed by atoms with van der Waals surface area (Å²) in [6.07, 6.45) is 0. The molecule has 4 nitrogen and oxygen atoms in total. The van der Waals surface area contributed by atoms with Gasteiger partial charge in [-0.3, -0.25) is 0 Å². The van der Waals surface area contributed by atoms with E-state index in [-0.39, 0.29) is 0 Å². The minimum Gasteiger partial charge on any atom is -0.192 e. The van der Waals surface area contributed by atoms with Crippen molar-refractivity contribution in [1.82, 2.24) is 0 Å².